The van der Waals surface area contributed by atoms with Crippen LogP contribution in [0.4, 0.5) is 0 Å². The Hall–Kier alpha value is -1.44. The van der Waals surface area contributed by atoms with Crippen molar-refractivity contribution in [2.45, 2.75) is 38.1 Å². The molecular weight excluding hydrogens is 362 g/mol. The molecule has 0 radical (unpaired) electrons. The molecule has 150 valence electrons. The lowest BCUT2D eigenvalue weighted by atomic mass is 9.86. The monoisotopic (exact) mass is 393 g/mol. The second-order valence-corrected chi connectivity index (χ2v) is 8.64. The predicted octanol–water partition coefficient (Wildman–Crippen LogP) is 2.01. The molecule has 2 atom stereocenters. The van der Waals surface area contributed by atoms with Gasteiger partial charge in [-0.2, -0.15) is 11.3 Å². The fourth-order valence-corrected chi connectivity index (χ4v) is 5.02. The van der Waals surface area contributed by atoms with Gasteiger partial charge in [-0.1, -0.05) is 0 Å². The molecule has 1 aromatic heterocycles. The van der Waals surface area contributed by atoms with E-state index in [1.807, 2.05) is 10.3 Å². The number of likely N-dealkylation sites (tertiary alicyclic amines) is 1. The molecule has 7 heteroatoms. The maximum absolute atomic E-state index is 12.7. The highest BCUT2D eigenvalue weighted by Crippen LogP contribution is 2.27. The van der Waals surface area contributed by atoms with Gasteiger partial charge in [0.15, 0.2) is 0 Å². The van der Waals surface area contributed by atoms with Crippen LogP contribution < -0.4 is 0 Å². The molecule has 1 N–H and O–H groups in total. The highest BCUT2D eigenvalue weighted by Gasteiger charge is 2.35. The SMILES string of the molecule is CN1CCN([C@H]2CCN(C(=O)CCc3ccsc3)C[C@H]2CCC(=O)O)CC1. The summed E-state index contributed by atoms with van der Waals surface area (Å²) < 4.78 is 0. The standard InChI is InChI=1S/C20H31N3O3S/c1-21-9-11-22(12-10-21)18-6-8-23(14-17(18)3-5-20(25)26)19(24)4-2-16-7-13-27-15-16/h7,13,15,17-18H,2-6,8-12,14H2,1H3,(H,25,26)/t17-,18+/m1/s1. The van der Waals surface area contributed by atoms with E-state index in [-0.39, 0.29) is 18.2 Å². The number of carbonyl (C=O) groups is 2. The Kier molecular flexibility index (Phi) is 7.26. The Bertz CT molecular complexity index is 614. The summed E-state index contributed by atoms with van der Waals surface area (Å²) in [6.07, 6.45) is 3.13. The van der Waals surface area contributed by atoms with Crippen LogP contribution in [0.15, 0.2) is 16.8 Å². The first-order chi connectivity index (χ1) is 13.0. The number of aryl methyl sites for hydroxylation is 1. The van der Waals surface area contributed by atoms with Crippen molar-refractivity contribution in [3.05, 3.63) is 22.4 Å². The number of piperidine rings is 1. The predicted molar refractivity (Wildman–Crippen MR) is 107 cm³/mol. The lowest BCUT2D eigenvalue weighted by Gasteiger charge is -2.46. The van der Waals surface area contributed by atoms with Crippen molar-refractivity contribution >= 4 is 23.2 Å². The first kappa shape index (κ1) is 20.3. The van der Waals surface area contributed by atoms with E-state index in [0.29, 0.717) is 25.4 Å². The number of likely N-dealkylation sites (N-methyl/N-ethyl adjacent to an activating group) is 1. The number of carboxylic acids is 1. The highest BCUT2D eigenvalue weighted by atomic mass is 32.1. The molecule has 0 aliphatic carbocycles. The zero-order valence-corrected chi connectivity index (χ0v) is 17.0. The Balaban J connectivity index is 1.57. The minimum absolute atomic E-state index is 0.186. The number of aliphatic carboxylic acids is 1. The number of piperazine rings is 1. The van der Waals surface area contributed by atoms with E-state index in [0.717, 1.165) is 45.6 Å². The van der Waals surface area contributed by atoms with Crippen molar-refractivity contribution in [3.8, 4) is 0 Å². The Morgan fingerprint density at radius 2 is 1.96 bits per heavy atom. The van der Waals surface area contributed by atoms with Gasteiger partial charge in [0, 0.05) is 58.2 Å². The smallest absolute Gasteiger partial charge is 0.303 e. The van der Waals surface area contributed by atoms with Crippen LogP contribution in [-0.4, -0.2) is 84.0 Å². The molecule has 0 bridgehead atoms. The maximum Gasteiger partial charge on any atom is 0.303 e. The molecule has 2 fully saturated rings. The molecule has 1 amide bonds. The van der Waals surface area contributed by atoms with Gasteiger partial charge in [-0.25, -0.2) is 0 Å². The molecule has 3 rings (SSSR count). The number of hydrogen-bond acceptors (Lipinski definition) is 5. The lowest BCUT2D eigenvalue weighted by molar-refractivity contribution is -0.138. The molecule has 2 aliphatic heterocycles. The molecule has 2 saturated heterocycles. The van der Waals surface area contributed by atoms with Crippen LogP contribution in [0.5, 0.6) is 0 Å². The third-order valence-corrected chi connectivity index (χ3v) is 6.72. The summed E-state index contributed by atoms with van der Waals surface area (Å²) in [5.41, 5.74) is 1.23. The van der Waals surface area contributed by atoms with E-state index in [1.165, 1.54) is 5.56 Å². The van der Waals surface area contributed by atoms with Crippen LogP contribution in [0.2, 0.25) is 0 Å². The van der Waals surface area contributed by atoms with E-state index in [1.54, 1.807) is 11.3 Å². The van der Waals surface area contributed by atoms with Crippen molar-refractivity contribution in [3.63, 3.8) is 0 Å². The van der Waals surface area contributed by atoms with Gasteiger partial charge in [-0.05, 0) is 54.6 Å². The zero-order chi connectivity index (χ0) is 19.2. The summed E-state index contributed by atoms with van der Waals surface area (Å²) in [7, 11) is 2.15. The van der Waals surface area contributed by atoms with Gasteiger partial charge in [0.1, 0.15) is 0 Å². The number of hydrogen-bond donors (Lipinski definition) is 1. The van der Waals surface area contributed by atoms with Gasteiger partial charge in [-0.3, -0.25) is 14.5 Å². The average Bonchev–Trinajstić information content (AvgIpc) is 3.18. The zero-order valence-electron chi connectivity index (χ0n) is 16.2. The third-order valence-electron chi connectivity index (χ3n) is 5.99. The molecule has 2 aliphatic rings. The highest BCUT2D eigenvalue weighted by molar-refractivity contribution is 7.07. The molecule has 0 spiro atoms. The fraction of sp³-hybridized carbons (Fsp3) is 0.700. The van der Waals surface area contributed by atoms with Crippen LogP contribution in [0, 0.1) is 5.92 Å². The summed E-state index contributed by atoms with van der Waals surface area (Å²) in [5, 5.41) is 13.3. The van der Waals surface area contributed by atoms with Crippen molar-refractivity contribution in [2.24, 2.45) is 5.92 Å². The second kappa shape index (κ2) is 9.66. The van der Waals surface area contributed by atoms with Crippen LogP contribution in [0.3, 0.4) is 0 Å². The van der Waals surface area contributed by atoms with E-state index >= 15 is 0 Å². The summed E-state index contributed by atoms with van der Waals surface area (Å²) in [6.45, 7) is 5.69. The maximum atomic E-state index is 12.7. The van der Waals surface area contributed by atoms with Crippen LogP contribution >= 0.6 is 11.3 Å². The molecule has 3 heterocycles. The van der Waals surface area contributed by atoms with Gasteiger partial charge in [0.2, 0.25) is 5.91 Å². The largest absolute Gasteiger partial charge is 0.481 e. The first-order valence-electron chi connectivity index (χ1n) is 9.96. The molecule has 27 heavy (non-hydrogen) atoms. The summed E-state index contributed by atoms with van der Waals surface area (Å²) in [4.78, 5) is 30.7. The van der Waals surface area contributed by atoms with Crippen LogP contribution in [-0.2, 0) is 16.0 Å². The number of amides is 1. The van der Waals surface area contributed by atoms with E-state index in [2.05, 4.69) is 28.3 Å². The molecule has 0 saturated carbocycles. The van der Waals surface area contributed by atoms with Crippen molar-refractivity contribution in [1.29, 1.82) is 0 Å². The minimum atomic E-state index is -0.743. The van der Waals surface area contributed by atoms with E-state index < -0.39 is 5.97 Å². The van der Waals surface area contributed by atoms with Crippen LogP contribution in [0.1, 0.15) is 31.2 Å². The quantitative estimate of drug-likeness (QED) is 0.768. The van der Waals surface area contributed by atoms with Gasteiger partial charge < -0.3 is 14.9 Å². The van der Waals surface area contributed by atoms with Crippen molar-refractivity contribution in [2.75, 3.05) is 46.3 Å². The van der Waals surface area contributed by atoms with Crippen LogP contribution in [0.25, 0.3) is 0 Å². The molecule has 0 aromatic carbocycles. The fourth-order valence-electron chi connectivity index (χ4n) is 4.32. The van der Waals surface area contributed by atoms with E-state index in [4.69, 9.17) is 5.11 Å². The lowest BCUT2D eigenvalue weighted by Crippen LogP contribution is -2.57. The van der Waals surface area contributed by atoms with Gasteiger partial charge in [0.25, 0.3) is 0 Å². The number of carbonyl (C=O) groups excluding carboxylic acids is 1. The van der Waals surface area contributed by atoms with Gasteiger partial charge in [0.05, 0.1) is 0 Å². The number of carboxylic acid groups (broad SMARTS) is 1. The first-order valence-corrected chi connectivity index (χ1v) is 10.9. The van der Waals surface area contributed by atoms with Gasteiger partial charge in [-0.15, -0.1) is 0 Å². The van der Waals surface area contributed by atoms with Gasteiger partial charge >= 0.3 is 5.97 Å². The summed E-state index contributed by atoms with van der Waals surface area (Å²) >= 11 is 1.66. The third kappa shape index (κ3) is 5.77. The molecule has 6 nitrogen and oxygen atoms in total. The topological polar surface area (TPSA) is 64.1 Å². The Morgan fingerprint density at radius 1 is 1.19 bits per heavy atom. The van der Waals surface area contributed by atoms with Crippen molar-refractivity contribution in [1.82, 2.24) is 14.7 Å². The second-order valence-electron chi connectivity index (χ2n) is 7.86. The summed E-state index contributed by atoms with van der Waals surface area (Å²) in [5.74, 6) is -0.283. The average molecular weight is 394 g/mol. The molecular formula is C20H31N3O3S. The Morgan fingerprint density at radius 3 is 2.63 bits per heavy atom. The molecule has 0 unspecified atom stereocenters. The summed E-state index contributed by atoms with van der Waals surface area (Å²) in [6, 6.07) is 2.48. The van der Waals surface area contributed by atoms with Crippen molar-refractivity contribution < 1.29 is 14.7 Å². The molecule has 1 aromatic rings. The normalized spacial score (nSPS) is 24.9. The minimum Gasteiger partial charge on any atom is -0.481 e. The number of rotatable bonds is 7. The number of nitrogens with zero attached hydrogens (tertiary/aromatic N) is 3. The van der Waals surface area contributed by atoms with E-state index in [9.17, 15) is 9.59 Å². The number of thiophene rings is 1. The Labute approximate surface area is 165 Å².